The van der Waals surface area contributed by atoms with E-state index in [9.17, 15) is 0 Å². The standard InChI is InChI=1S/C24H30N2O/c1-20-11-10-12-21(19-20)27-18-9-5-3-2-4-8-16-25-24-15-17-26-23-14-7-6-13-22(23)24/h6-7,10-15,17,19H,2-5,8-9,16,18H2,1H3,(H,25,26). The van der Waals surface area contributed by atoms with Crippen molar-refractivity contribution in [1.29, 1.82) is 0 Å². The fourth-order valence-electron chi connectivity index (χ4n) is 3.30. The molecule has 0 aliphatic rings. The van der Waals surface area contributed by atoms with Crippen LogP contribution in [0.4, 0.5) is 5.69 Å². The molecule has 0 radical (unpaired) electrons. The number of unbranched alkanes of at least 4 members (excludes halogenated alkanes) is 5. The lowest BCUT2D eigenvalue weighted by atomic mass is 10.1. The molecule has 1 heterocycles. The molecule has 0 spiro atoms. The number of hydrogen-bond acceptors (Lipinski definition) is 3. The van der Waals surface area contributed by atoms with Crippen LogP contribution in [0.15, 0.2) is 60.8 Å². The van der Waals surface area contributed by atoms with Crippen molar-refractivity contribution in [2.45, 2.75) is 45.4 Å². The fraction of sp³-hybridized carbons (Fsp3) is 0.375. The maximum absolute atomic E-state index is 5.80. The Bertz CT molecular complexity index is 826. The van der Waals surface area contributed by atoms with Crippen molar-refractivity contribution in [3.8, 4) is 5.75 Å². The zero-order chi connectivity index (χ0) is 18.7. The van der Waals surface area contributed by atoms with E-state index >= 15 is 0 Å². The summed E-state index contributed by atoms with van der Waals surface area (Å²) in [6, 6.07) is 18.6. The minimum atomic E-state index is 0.820. The number of anilines is 1. The van der Waals surface area contributed by atoms with Gasteiger partial charge in [-0.25, -0.2) is 0 Å². The number of para-hydroxylation sites is 1. The molecule has 27 heavy (non-hydrogen) atoms. The van der Waals surface area contributed by atoms with Gasteiger partial charge in [-0.15, -0.1) is 0 Å². The SMILES string of the molecule is Cc1cccc(OCCCCCCCCNc2ccnc3ccccc23)c1. The summed E-state index contributed by atoms with van der Waals surface area (Å²) in [4.78, 5) is 4.41. The molecule has 0 aliphatic carbocycles. The summed E-state index contributed by atoms with van der Waals surface area (Å²) in [5, 5.41) is 4.76. The van der Waals surface area contributed by atoms with Gasteiger partial charge in [-0.1, -0.05) is 56.0 Å². The van der Waals surface area contributed by atoms with Crippen LogP contribution in [0.1, 0.15) is 44.1 Å². The Morgan fingerprint density at radius 2 is 1.67 bits per heavy atom. The molecule has 2 aromatic carbocycles. The van der Waals surface area contributed by atoms with Crippen molar-refractivity contribution >= 4 is 16.6 Å². The summed E-state index contributed by atoms with van der Waals surface area (Å²) >= 11 is 0. The van der Waals surface area contributed by atoms with Gasteiger partial charge in [0.2, 0.25) is 0 Å². The third-order valence-corrected chi connectivity index (χ3v) is 4.79. The largest absolute Gasteiger partial charge is 0.494 e. The molecule has 1 N–H and O–H groups in total. The number of nitrogens with one attached hydrogen (secondary N) is 1. The smallest absolute Gasteiger partial charge is 0.119 e. The van der Waals surface area contributed by atoms with Crippen molar-refractivity contribution in [2.75, 3.05) is 18.5 Å². The summed E-state index contributed by atoms with van der Waals surface area (Å²) in [6.07, 6.45) is 9.32. The molecule has 3 rings (SSSR count). The highest BCUT2D eigenvalue weighted by Crippen LogP contribution is 2.21. The molecule has 1 aromatic heterocycles. The van der Waals surface area contributed by atoms with E-state index < -0.39 is 0 Å². The Morgan fingerprint density at radius 1 is 0.852 bits per heavy atom. The average molecular weight is 363 g/mol. The van der Waals surface area contributed by atoms with E-state index in [0.717, 1.165) is 30.8 Å². The number of aryl methyl sites for hydroxylation is 1. The zero-order valence-electron chi connectivity index (χ0n) is 16.3. The number of nitrogens with zero attached hydrogens (tertiary/aromatic N) is 1. The highest BCUT2D eigenvalue weighted by atomic mass is 16.5. The third kappa shape index (κ3) is 6.28. The maximum Gasteiger partial charge on any atom is 0.119 e. The predicted octanol–water partition coefficient (Wildman–Crippen LogP) is 6.37. The maximum atomic E-state index is 5.80. The molecular formula is C24H30N2O. The monoisotopic (exact) mass is 362 g/mol. The molecule has 142 valence electrons. The van der Waals surface area contributed by atoms with E-state index in [2.05, 4.69) is 53.6 Å². The second-order valence-corrected chi connectivity index (χ2v) is 7.09. The molecule has 0 unspecified atom stereocenters. The van der Waals surface area contributed by atoms with Gasteiger partial charge in [0, 0.05) is 23.8 Å². The van der Waals surface area contributed by atoms with Gasteiger partial charge in [-0.2, -0.15) is 0 Å². The van der Waals surface area contributed by atoms with Crippen LogP contribution in [0.25, 0.3) is 10.9 Å². The van der Waals surface area contributed by atoms with Crippen molar-refractivity contribution < 1.29 is 4.74 Å². The van der Waals surface area contributed by atoms with Crippen LogP contribution < -0.4 is 10.1 Å². The lowest BCUT2D eigenvalue weighted by Gasteiger charge is -2.09. The summed E-state index contributed by atoms with van der Waals surface area (Å²) in [5.74, 6) is 0.990. The quantitative estimate of drug-likeness (QED) is 0.402. The number of ether oxygens (including phenoxy) is 1. The zero-order valence-corrected chi connectivity index (χ0v) is 16.3. The number of hydrogen-bond donors (Lipinski definition) is 1. The summed E-state index contributed by atoms with van der Waals surface area (Å²) in [5.41, 5.74) is 3.49. The first-order valence-electron chi connectivity index (χ1n) is 10.1. The molecule has 0 aliphatic heterocycles. The van der Waals surface area contributed by atoms with Crippen LogP contribution >= 0.6 is 0 Å². The lowest BCUT2D eigenvalue weighted by molar-refractivity contribution is 0.304. The Labute approximate surface area is 162 Å². The molecular weight excluding hydrogens is 332 g/mol. The molecule has 3 aromatic rings. The van der Waals surface area contributed by atoms with Gasteiger partial charge in [-0.3, -0.25) is 4.98 Å². The summed E-state index contributed by atoms with van der Waals surface area (Å²) in [6.45, 7) is 3.93. The van der Waals surface area contributed by atoms with E-state index in [0.29, 0.717) is 0 Å². The highest BCUT2D eigenvalue weighted by molar-refractivity contribution is 5.90. The van der Waals surface area contributed by atoms with Gasteiger partial charge in [0.05, 0.1) is 12.1 Å². The minimum absolute atomic E-state index is 0.820. The molecule has 0 atom stereocenters. The predicted molar refractivity (Wildman–Crippen MR) is 115 cm³/mol. The van der Waals surface area contributed by atoms with Gasteiger partial charge < -0.3 is 10.1 Å². The number of pyridine rings is 1. The van der Waals surface area contributed by atoms with Gasteiger partial charge >= 0.3 is 0 Å². The van der Waals surface area contributed by atoms with Crippen molar-refractivity contribution in [3.63, 3.8) is 0 Å². The van der Waals surface area contributed by atoms with E-state index in [1.165, 1.54) is 48.7 Å². The number of rotatable bonds is 11. The van der Waals surface area contributed by atoms with E-state index in [4.69, 9.17) is 4.74 Å². The van der Waals surface area contributed by atoms with E-state index in [1.54, 1.807) is 0 Å². The first kappa shape index (κ1) is 19.2. The Morgan fingerprint density at radius 3 is 2.56 bits per heavy atom. The Kier molecular flexibility index (Phi) is 7.52. The minimum Gasteiger partial charge on any atom is -0.494 e. The lowest BCUT2D eigenvalue weighted by Crippen LogP contribution is -2.02. The first-order chi connectivity index (χ1) is 13.3. The topological polar surface area (TPSA) is 34.1 Å². The van der Waals surface area contributed by atoms with Gasteiger partial charge in [-0.05, 0) is 49.6 Å². The van der Waals surface area contributed by atoms with Crippen LogP contribution in [0.3, 0.4) is 0 Å². The normalized spacial score (nSPS) is 10.9. The van der Waals surface area contributed by atoms with Gasteiger partial charge in [0.15, 0.2) is 0 Å². The first-order valence-corrected chi connectivity index (χ1v) is 10.1. The number of fused-ring (bicyclic) bond motifs is 1. The van der Waals surface area contributed by atoms with Crippen LogP contribution in [0.5, 0.6) is 5.75 Å². The second kappa shape index (κ2) is 10.6. The van der Waals surface area contributed by atoms with Crippen molar-refractivity contribution in [3.05, 3.63) is 66.4 Å². The number of aromatic nitrogens is 1. The Balaban J connectivity index is 1.23. The molecule has 3 nitrogen and oxygen atoms in total. The number of benzene rings is 2. The fourth-order valence-corrected chi connectivity index (χ4v) is 3.30. The second-order valence-electron chi connectivity index (χ2n) is 7.09. The molecule has 0 saturated heterocycles. The molecule has 0 fully saturated rings. The van der Waals surface area contributed by atoms with Gasteiger partial charge in [0.25, 0.3) is 0 Å². The third-order valence-electron chi connectivity index (χ3n) is 4.79. The summed E-state index contributed by atoms with van der Waals surface area (Å²) < 4.78 is 5.80. The van der Waals surface area contributed by atoms with Gasteiger partial charge in [0.1, 0.15) is 5.75 Å². The average Bonchev–Trinajstić information content (AvgIpc) is 2.69. The molecule has 0 saturated carbocycles. The summed E-state index contributed by atoms with van der Waals surface area (Å²) in [7, 11) is 0. The van der Waals surface area contributed by atoms with E-state index in [1.807, 2.05) is 24.4 Å². The molecule has 0 bridgehead atoms. The molecule has 3 heteroatoms. The van der Waals surface area contributed by atoms with Crippen LogP contribution in [-0.4, -0.2) is 18.1 Å². The van der Waals surface area contributed by atoms with Crippen LogP contribution in [0.2, 0.25) is 0 Å². The highest BCUT2D eigenvalue weighted by Gasteiger charge is 2.00. The van der Waals surface area contributed by atoms with Crippen molar-refractivity contribution in [1.82, 2.24) is 4.98 Å². The van der Waals surface area contributed by atoms with Crippen LogP contribution in [0, 0.1) is 6.92 Å². The van der Waals surface area contributed by atoms with Crippen LogP contribution in [-0.2, 0) is 0 Å². The Hall–Kier alpha value is -2.55. The van der Waals surface area contributed by atoms with Crippen molar-refractivity contribution in [2.24, 2.45) is 0 Å². The molecule has 0 amide bonds. The van der Waals surface area contributed by atoms with E-state index in [-0.39, 0.29) is 0 Å².